The third-order valence-corrected chi connectivity index (χ3v) is 10.8. The highest BCUT2D eigenvalue weighted by molar-refractivity contribution is 7.80. The molecule has 2 saturated heterocycles. The fourth-order valence-electron chi connectivity index (χ4n) is 7.50. The summed E-state index contributed by atoms with van der Waals surface area (Å²) in [6.07, 6.45) is 5.74. The van der Waals surface area contributed by atoms with Gasteiger partial charge in [0.2, 0.25) is 11.8 Å². The Morgan fingerprint density at radius 3 is 2.14 bits per heavy atom. The minimum absolute atomic E-state index is 0.0351. The average Bonchev–Trinajstić information content (AvgIpc) is 3.55. The highest BCUT2D eigenvalue weighted by Crippen LogP contribution is 2.44. The number of hydrogen-bond acceptors (Lipinski definition) is 4. The average molecular weight is 617 g/mol. The van der Waals surface area contributed by atoms with Gasteiger partial charge >= 0.3 is 0 Å². The van der Waals surface area contributed by atoms with E-state index in [1.54, 1.807) is 0 Å². The molecular formula is C34H53ClN4O2S. The summed E-state index contributed by atoms with van der Waals surface area (Å²) >= 11 is 12.2. The second-order valence-electron chi connectivity index (χ2n) is 15.2. The summed E-state index contributed by atoms with van der Waals surface area (Å²) in [4.78, 5) is 38.0. The van der Waals surface area contributed by atoms with E-state index in [1.807, 2.05) is 49.9 Å². The van der Waals surface area contributed by atoms with Gasteiger partial charge in [-0.15, -0.1) is 0 Å². The number of likely N-dealkylation sites (N-methyl/N-ethyl adjacent to an activating group) is 1. The van der Waals surface area contributed by atoms with E-state index in [2.05, 4.69) is 56.6 Å². The normalized spacial score (nSPS) is 27.0. The number of benzene rings is 1. The Morgan fingerprint density at radius 2 is 1.62 bits per heavy atom. The number of carbonyl (C=O) groups excluding carboxylic acids is 2. The number of likely N-dealkylation sites (tertiary alicyclic amines) is 2. The van der Waals surface area contributed by atoms with Crippen molar-refractivity contribution in [2.24, 2.45) is 17.3 Å². The number of thiocarbonyl (C=S) groups is 1. The topological polar surface area (TPSA) is 47.1 Å². The Kier molecular flexibility index (Phi) is 10.1. The summed E-state index contributed by atoms with van der Waals surface area (Å²) in [7, 11) is 3.93. The van der Waals surface area contributed by atoms with Gasteiger partial charge in [0.05, 0.1) is 18.0 Å². The Balaban J connectivity index is 1.68. The highest BCUT2D eigenvalue weighted by Gasteiger charge is 2.50. The molecule has 0 radical (unpaired) electrons. The van der Waals surface area contributed by atoms with Gasteiger partial charge in [0.1, 0.15) is 4.99 Å². The van der Waals surface area contributed by atoms with Crippen LogP contribution in [0.5, 0.6) is 0 Å². The van der Waals surface area contributed by atoms with Crippen LogP contribution >= 0.6 is 23.8 Å². The van der Waals surface area contributed by atoms with Crippen LogP contribution in [-0.4, -0.2) is 87.3 Å². The Labute approximate surface area is 265 Å². The van der Waals surface area contributed by atoms with Gasteiger partial charge in [0.25, 0.3) is 0 Å². The van der Waals surface area contributed by atoms with E-state index in [0.717, 1.165) is 49.2 Å². The molecule has 2 amide bonds. The molecule has 1 aromatic rings. The predicted molar refractivity (Wildman–Crippen MR) is 177 cm³/mol. The number of amides is 2. The molecule has 2 heterocycles. The maximum Gasteiger partial charge on any atom is 0.228 e. The van der Waals surface area contributed by atoms with Crippen LogP contribution < -0.4 is 0 Å². The lowest BCUT2D eigenvalue weighted by molar-refractivity contribution is -0.142. The van der Waals surface area contributed by atoms with E-state index in [-0.39, 0.29) is 53.4 Å². The molecule has 8 heteroatoms. The first-order valence-electron chi connectivity index (χ1n) is 15.9. The highest BCUT2D eigenvalue weighted by atomic mass is 35.5. The standard InChI is InChI=1S/C34H53ClN4O2S/c1-22(2)30(40)39(25-14-17-34(6,7)18-15-25)26-20-28(32(42)36(8)9)37(21-26)31(41)27-16-19-38(33(3,4)5)29(27)23-10-12-24(35)13-11-23/h10-13,22,25-29H,14-21H2,1-9H3/t26-,27-,28-,29?/m0/s1. The fraction of sp³-hybridized carbons (Fsp3) is 0.735. The van der Waals surface area contributed by atoms with Crippen molar-refractivity contribution in [2.75, 3.05) is 27.2 Å². The van der Waals surface area contributed by atoms with Crippen LogP contribution in [0.15, 0.2) is 24.3 Å². The largest absolute Gasteiger partial charge is 0.371 e. The summed E-state index contributed by atoms with van der Waals surface area (Å²) in [5.41, 5.74) is 1.34. The quantitative estimate of drug-likeness (QED) is 0.329. The number of hydrogen-bond donors (Lipinski definition) is 0. The van der Waals surface area contributed by atoms with E-state index in [9.17, 15) is 9.59 Å². The van der Waals surface area contributed by atoms with Crippen LogP contribution in [-0.2, 0) is 9.59 Å². The molecule has 234 valence electrons. The van der Waals surface area contributed by atoms with Crippen LogP contribution in [0, 0.1) is 17.3 Å². The van der Waals surface area contributed by atoms with Gasteiger partial charge in [-0.25, -0.2) is 0 Å². The number of nitrogens with zero attached hydrogens (tertiary/aromatic N) is 4. The van der Waals surface area contributed by atoms with Crippen LogP contribution in [0.1, 0.15) is 98.6 Å². The monoisotopic (exact) mass is 616 g/mol. The molecule has 42 heavy (non-hydrogen) atoms. The van der Waals surface area contributed by atoms with Crippen molar-refractivity contribution in [2.45, 2.75) is 117 Å². The minimum Gasteiger partial charge on any atom is -0.371 e. The molecular weight excluding hydrogens is 564 g/mol. The van der Waals surface area contributed by atoms with Crippen molar-refractivity contribution in [3.05, 3.63) is 34.9 Å². The van der Waals surface area contributed by atoms with Gasteiger partial charge in [-0.1, -0.05) is 63.6 Å². The minimum atomic E-state index is -0.204. The van der Waals surface area contributed by atoms with Crippen molar-refractivity contribution in [3.8, 4) is 0 Å². The smallest absolute Gasteiger partial charge is 0.228 e. The lowest BCUT2D eigenvalue weighted by Gasteiger charge is -2.43. The molecule has 0 aromatic heterocycles. The Morgan fingerprint density at radius 1 is 1.02 bits per heavy atom. The third kappa shape index (κ3) is 6.99. The van der Waals surface area contributed by atoms with Crippen molar-refractivity contribution >= 4 is 40.6 Å². The number of rotatable bonds is 6. The Bertz CT molecular complexity index is 1140. The molecule has 1 aromatic carbocycles. The summed E-state index contributed by atoms with van der Waals surface area (Å²) in [5.74, 6) is 0.0715. The molecule has 4 rings (SSSR count). The lowest BCUT2D eigenvalue weighted by Crippen LogP contribution is -2.52. The summed E-state index contributed by atoms with van der Waals surface area (Å²) in [6, 6.07) is 7.92. The van der Waals surface area contributed by atoms with Gasteiger partial charge in [0, 0.05) is 55.7 Å². The van der Waals surface area contributed by atoms with Crippen LogP contribution in [0.3, 0.4) is 0 Å². The molecule has 1 saturated carbocycles. The third-order valence-electron chi connectivity index (χ3n) is 9.92. The zero-order chi connectivity index (χ0) is 31.1. The molecule has 1 unspecified atom stereocenters. The van der Waals surface area contributed by atoms with E-state index in [0.29, 0.717) is 23.4 Å². The molecule has 0 spiro atoms. The van der Waals surface area contributed by atoms with E-state index >= 15 is 0 Å². The van der Waals surface area contributed by atoms with Gasteiger partial charge < -0.3 is 14.7 Å². The van der Waals surface area contributed by atoms with Crippen molar-refractivity contribution in [1.29, 1.82) is 0 Å². The second-order valence-corrected chi connectivity index (χ2v) is 16.0. The van der Waals surface area contributed by atoms with Gasteiger partial charge in [0.15, 0.2) is 0 Å². The molecule has 3 aliphatic rings. The first kappa shape index (κ1) is 33.2. The molecule has 0 bridgehead atoms. The lowest BCUT2D eigenvalue weighted by atomic mass is 9.75. The molecule has 0 N–H and O–H groups in total. The van der Waals surface area contributed by atoms with Crippen LogP contribution in [0.25, 0.3) is 0 Å². The maximum atomic E-state index is 14.7. The summed E-state index contributed by atoms with van der Waals surface area (Å²) < 4.78 is 0. The molecule has 1 aliphatic carbocycles. The zero-order valence-corrected chi connectivity index (χ0v) is 28.9. The molecule has 6 nitrogen and oxygen atoms in total. The van der Waals surface area contributed by atoms with Crippen molar-refractivity contribution in [1.82, 2.24) is 19.6 Å². The Hall–Kier alpha value is -1.70. The van der Waals surface area contributed by atoms with E-state index in [1.165, 1.54) is 0 Å². The number of carbonyl (C=O) groups is 2. The van der Waals surface area contributed by atoms with Gasteiger partial charge in [-0.3, -0.25) is 14.5 Å². The van der Waals surface area contributed by atoms with E-state index < -0.39 is 0 Å². The molecule has 4 atom stereocenters. The SMILES string of the molecule is CC(C)C(=O)N(C1CCC(C)(C)CC1)[C@H]1C[C@@H](C(=S)N(C)C)N(C(=O)[C@H]2CCN(C(C)(C)C)C2c2ccc(Cl)cc2)C1. The number of halogens is 1. The maximum absolute atomic E-state index is 14.7. The molecule has 3 fully saturated rings. The van der Waals surface area contributed by atoms with Crippen molar-refractivity contribution in [3.63, 3.8) is 0 Å². The zero-order valence-electron chi connectivity index (χ0n) is 27.3. The first-order chi connectivity index (χ1) is 19.5. The van der Waals surface area contributed by atoms with Gasteiger partial charge in [-0.2, -0.15) is 0 Å². The molecule has 2 aliphatic heterocycles. The summed E-state index contributed by atoms with van der Waals surface area (Å²) in [6.45, 7) is 16.7. The van der Waals surface area contributed by atoms with Crippen molar-refractivity contribution < 1.29 is 9.59 Å². The first-order valence-corrected chi connectivity index (χ1v) is 16.7. The van der Waals surface area contributed by atoms with E-state index in [4.69, 9.17) is 23.8 Å². The van der Waals surface area contributed by atoms with Crippen LogP contribution in [0.2, 0.25) is 5.02 Å². The predicted octanol–water partition coefficient (Wildman–Crippen LogP) is 6.81. The summed E-state index contributed by atoms with van der Waals surface area (Å²) in [5, 5.41) is 0.696. The van der Waals surface area contributed by atoms with Crippen LogP contribution in [0.4, 0.5) is 0 Å². The second kappa shape index (κ2) is 12.7. The fourth-order valence-corrected chi connectivity index (χ4v) is 7.85. The van der Waals surface area contributed by atoms with Gasteiger partial charge in [-0.05, 0) is 82.4 Å².